The van der Waals surface area contributed by atoms with Gasteiger partial charge in [-0.05, 0) is 18.9 Å². The number of aryl methyl sites for hydroxylation is 1. The zero-order valence-electron chi connectivity index (χ0n) is 10.7. The van der Waals surface area contributed by atoms with Gasteiger partial charge >= 0.3 is 0 Å². The Bertz CT molecular complexity index is 485. The van der Waals surface area contributed by atoms with E-state index in [-0.39, 0.29) is 5.91 Å². The third-order valence-corrected chi connectivity index (χ3v) is 3.84. The fourth-order valence-corrected chi connectivity index (χ4v) is 2.86. The Morgan fingerprint density at radius 3 is 2.72 bits per heavy atom. The highest BCUT2D eigenvalue weighted by molar-refractivity contribution is 6.12. The number of amides is 1. The molecular formula is C13H18N4O. The molecule has 2 aliphatic rings. The summed E-state index contributed by atoms with van der Waals surface area (Å²) in [6.07, 6.45) is 8.05. The molecule has 0 bridgehead atoms. The first-order valence-corrected chi connectivity index (χ1v) is 6.63. The molecule has 1 fully saturated rings. The monoisotopic (exact) mass is 246 g/mol. The quantitative estimate of drug-likeness (QED) is 0.797. The van der Waals surface area contributed by atoms with E-state index in [0.29, 0.717) is 12.5 Å². The SMILES string of the molecule is Cn1nccc1C1=NN(C2CCCCC2)C(=O)C1. The van der Waals surface area contributed by atoms with E-state index in [4.69, 9.17) is 0 Å². The van der Waals surface area contributed by atoms with Crippen molar-refractivity contribution in [2.75, 3.05) is 0 Å². The van der Waals surface area contributed by atoms with Crippen LogP contribution in [-0.2, 0) is 11.8 Å². The molecule has 96 valence electrons. The van der Waals surface area contributed by atoms with Crippen LogP contribution in [0.4, 0.5) is 0 Å². The minimum atomic E-state index is 0.137. The molecule has 2 heterocycles. The van der Waals surface area contributed by atoms with Crippen LogP contribution in [0.3, 0.4) is 0 Å². The Kier molecular flexibility index (Phi) is 2.89. The van der Waals surface area contributed by atoms with E-state index in [2.05, 4.69) is 10.2 Å². The Morgan fingerprint density at radius 2 is 2.06 bits per heavy atom. The van der Waals surface area contributed by atoms with Crippen LogP contribution in [-0.4, -0.2) is 32.5 Å². The number of carbonyl (C=O) groups is 1. The summed E-state index contributed by atoms with van der Waals surface area (Å²) in [6, 6.07) is 2.23. The Labute approximate surface area is 106 Å². The van der Waals surface area contributed by atoms with E-state index in [1.807, 2.05) is 13.1 Å². The highest BCUT2D eigenvalue weighted by Crippen LogP contribution is 2.26. The van der Waals surface area contributed by atoms with Crippen LogP contribution in [0, 0.1) is 0 Å². The van der Waals surface area contributed by atoms with Crippen molar-refractivity contribution in [3.05, 3.63) is 18.0 Å². The van der Waals surface area contributed by atoms with Crippen LogP contribution >= 0.6 is 0 Å². The van der Waals surface area contributed by atoms with Crippen molar-refractivity contribution < 1.29 is 4.79 Å². The van der Waals surface area contributed by atoms with Crippen molar-refractivity contribution in [2.24, 2.45) is 12.1 Å². The van der Waals surface area contributed by atoms with Gasteiger partial charge in [0.2, 0.25) is 5.91 Å². The average Bonchev–Trinajstić information content (AvgIpc) is 2.96. The van der Waals surface area contributed by atoms with Crippen LogP contribution < -0.4 is 0 Å². The second kappa shape index (κ2) is 4.55. The van der Waals surface area contributed by atoms with Gasteiger partial charge in [-0.1, -0.05) is 19.3 Å². The van der Waals surface area contributed by atoms with Crippen LogP contribution in [0.2, 0.25) is 0 Å². The number of nitrogens with zero attached hydrogens (tertiary/aromatic N) is 4. The summed E-state index contributed by atoms with van der Waals surface area (Å²) in [5, 5.41) is 10.4. The average molecular weight is 246 g/mol. The molecule has 1 amide bonds. The van der Waals surface area contributed by atoms with E-state index in [1.165, 1.54) is 19.3 Å². The second-order valence-electron chi connectivity index (χ2n) is 5.09. The first-order chi connectivity index (χ1) is 8.75. The number of aromatic nitrogens is 2. The molecule has 0 atom stereocenters. The highest BCUT2D eigenvalue weighted by Gasteiger charge is 2.32. The lowest BCUT2D eigenvalue weighted by Crippen LogP contribution is -2.34. The zero-order valence-corrected chi connectivity index (χ0v) is 10.7. The van der Waals surface area contributed by atoms with Gasteiger partial charge in [0, 0.05) is 13.2 Å². The summed E-state index contributed by atoms with van der Waals surface area (Å²) in [6.45, 7) is 0. The number of carbonyl (C=O) groups excluding carboxylic acids is 1. The number of rotatable bonds is 2. The molecule has 5 nitrogen and oxygen atoms in total. The van der Waals surface area contributed by atoms with E-state index < -0.39 is 0 Å². The summed E-state index contributed by atoms with van der Waals surface area (Å²) in [7, 11) is 1.88. The molecule has 1 aliphatic carbocycles. The van der Waals surface area contributed by atoms with Gasteiger partial charge in [0.1, 0.15) is 0 Å². The molecule has 0 radical (unpaired) electrons. The summed E-state index contributed by atoms with van der Waals surface area (Å²) in [5.74, 6) is 0.137. The minimum absolute atomic E-state index is 0.137. The summed E-state index contributed by atoms with van der Waals surface area (Å²) < 4.78 is 1.77. The predicted octanol–water partition coefficient (Wildman–Crippen LogP) is 1.69. The molecule has 0 saturated heterocycles. The maximum atomic E-state index is 12.1. The van der Waals surface area contributed by atoms with Gasteiger partial charge in [-0.15, -0.1) is 0 Å². The first kappa shape index (κ1) is 11.4. The second-order valence-corrected chi connectivity index (χ2v) is 5.09. The molecule has 1 saturated carbocycles. The fraction of sp³-hybridized carbons (Fsp3) is 0.615. The van der Waals surface area contributed by atoms with E-state index in [0.717, 1.165) is 24.2 Å². The molecule has 18 heavy (non-hydrogen) atoms. The molecule has 3 rings (SSSR count). The minimum Gasteiger partial charge on any atom is -0.272 e. The topological polar surface area (TPSA) is 50.5 Å². The van der Waals surface area contributed by atoms with Crippen molar-refractivity contribution >= 4 is 11.6 Å². The molecule has 0 spiro atoms. The van der Waals surface area contributed by atoms with Crippen molar-refractivity contribution in [2.45, 2.75) is 44.6 Å². The van der Waals surface area contributed by atoms with Gasteiger partial charge < -0.3 is 0 Å². The summed E-state index contributed by atoms with van der Waals surface area (Å²) in [4.78, 5) is 12.1. The maximum absolute atomic E-state index is 12.1. The normalized spacial score (nSPS) is 21.5. The third-order valence-electron chi connectivity index (χ3n) is 3.84. The highest BCUT2D eigenvalue weighted by atomic mass is 16.2. The molecule has 1 aliphatic heterocycles. The molecule has 0 aromatic carbocycles. The Hall–Kier alpha value is -1.65. The largest absolute Gasteiger partial charge is 0.272 e. The van der Waals surface area contributed by atoms with Crippen molar-refractivity contribution in [1.82, 2.24) is 14.8 Å². The van der Waals surface area contributed by atoms with Gasteiger partial charge in [-0.3, -0.25) is 9.48 Å². The van der Waals surface area contributed by atoms with Crippen LogP contribution in [0.1, 0.15) is 44.2 Å². The van der Waals surface area contributed by atoms with Crippen molar-refractivity contribution in [3.8, 4) is 0 Å². The van der Waals surface area contributed by atoms with Crippen LogP contribution in [0.5, 0.6) is 0 Å². The number of hydrazone groups is 1. The number of hydrogen-bond acceptors (Lipinski definition) is 3. The van der Waals surface area contributed by atoms with Gasteiger partial charge in [-0.2, -0.15) is 10.2 Å². The van der Waals surface area contributed by atoms with Gasteiger partial charge in [-0.25, -0.2) is 5.01 Å². The third kappa shape index (κ3) is 1.94. The van der Waals surface area contributed by atoms with E-state index >= 15 is 0 Å². The summed E-state index contributed by atoms with van der Waals surface area (Å²) >= 11 is 0. The smallest absolute Gasteiger partial charge is 0.249 e. The van der Waals surface area contributed by atoms with Crippen molar-refractivity contribution in [1.29, 1.82) is 0 Å². The molecule has 1 aromatic heterocycles. The fourth-order valence-electron chi connectivity index (χ4n) is 2.86. The van der Waals surface area contributed by atoms with E-state index in [1.54, 1.807) is 15.9 Å². The lowest BCUT2D eigenvalue weighted by molar-refractivity contribution is -0.131. The lowest BCUT2D eigenvalue weighted by atomic mass is 9.95. The lowest BCUT2D eigenvalue weighted by Gasteiger charge is -2.27. The van der Waals surface area contributed by atoms with Crippen molar-refractivity contribution in [3.63, 3.8) is 0 Å². The first-order valence-electron chi connectivity index (χ1n) is 6.63. The Balaban J connectivity index is 1.82. The van der Waals surface area contributed by atoms with E-state index in [9.17, 15) is 4.79 Å². The zero-order chi connectivity index (χ0) is 12.5. The standard InChI is InChI=1S/C13H18N4O/c1-16-12(7-8-14-16)11-9-13(18)17(15-11)10-5-3-2-4-6-10/h7-8,10H,2-6,9H2,1H3. The van der Waals surface area contributed by atoms with Crippen LogP contribution in [0.25, 0.3) is 0 Å². The van der Waals surface area contributed by atoms with Gasteiger partial charge in [0.25, 0.3) is 0 Å². The van der Waals surface area contributed by atoms with Gasteiger partial charge in [0.05, 0.1) is 23.9 Å². The molecule has 1 aromatic rings. The Morgan fingerprint density at radius 1 is 1.28 bits per heavy atom. The van der Waals surface area contributed by atoms with Gasteiger partial charge in [0.15, 0.2) is 0 Å². The predicted molar refractivity (Wildman–Crippen MR) is 68.1 cm³/mol. The maximum Gasteiger partial charge on any atom is 0.249 e. The number of hydrogen-bond donors (Lipinski definition) is 0. The molecular weight excluding hydrogens is 228 g/mol. The summed E-state index contributed by atoms with van der Waals surface area (Å²) in [5.41, 5.74) is 1.80. The molecule has 0 N–H and O–H groups in total. The van der Waals surface area contributed by atoms with Crippen LogP contribution in [0.15, 0.2) is 17.4 Å². The molecule has 5 heteroatoms. The molecule has 0 unspecified atom stereocenters.